The highest BCUT2D eigenvalue weighted by atomic mass is 32.2. The Morgan fingerprint density at radius 1 is 1.46 bits per heavy atom. The maximum absolute atomic E-state index is 14.6. The van der Waals surface area contributed by atoms with E-state index in [1.165, 1.54) is 21.8 Å². The third-order valence-electron chi connectivity index (χ3n) is 4.64. The molecule has 2 aromatic rings. The van der Waals surface area contributed by atoms with Crippen LogP contribution in [0.2, 0.25) is 0 Å². The summed E-state index contributed by atoms with van der Waals surface area (Å²) in [5.74, 6) is 0.540. The molecule has 2 atom stereocenters. The predicted molar refractivity (Wildman–Crippen MR) is 99.2 cm³/mol. The van der Waals surface area contributed by atoms with Gasteiger partial charge < -0.3 is 9.29 Å². The highest BCUT2D eigenvalue weighted by molar-refractivity contribution is 7.91. The van der Waals surface area contributed by atoms with Gasteiger partial charge in [-0.25, -0.2) is 13.9 Å². The van der Waals surface area contributed by atoms with Crippen molar-refractivity contribution in [2.24, 2.45) is 0 Å². The monoisotopic (exact) mass is 401 g/mol. The Hall–Kier alpha value is -2.90. The number of hydrogen-bond donors (Lipinski definition) is 0. The molecule has 8 nitrogen and oxygen atoms in total. The molecular formula is C18H16FN5O3S. The molecule has 2 aliphatic heterocycles. The van der Waals surface area contributed by atoms with Gasteiger partial charge in [-0.05, 0) is 41.0 Å². The van der Waals surface area contributed by atoms with E-state index in [9.17, 15) is 13.7 Å². The Balaban J connectivity index is 1.47. The van der Waals surface area contributed by atoms with Gasteiger partial charge in [-0.2, -0.15) is 5.26 Å². The number of rotatable bonds is 4. The quantitative estimate of drug-likeness (QED) is 0.724. The molecule has 1 saturated heterocycles. The van der Waals surface area contributed by atoms with Gasteiger partial charge in [0.1, 0.15) is 29.5 Å². The Morgan fingerprint density at radius 2 is 2.32 bits per heavy atom. The molecule has 0 spiro atoms. The fourth-order valence-corrected chi connectivity index (χ4v) is 4.26. The van der Waals surface area contributed by atoms with Crippen LogP contribution in [0.15, 0.2) is 30.5 Å². The molecule has 0 aliphatic carbocycles. The van der Waals surface area contributed by atoms with E-state index < -0.39 is 29.2 Å². The van der Waals surface area contributed by atoms with Crippen molar-refractivity contribution in [2.75, 3.05) is 23.0 Å². The summed E-state index contributed by atoms with van der Waals surface area (Å²) in [6.45, 7) is 0.489. The largest absolute Gasteiger partial charge is 0.616 e. The number of cyclic esters (lactones) is 1. The van der Waals surface area contributed by atoms with Gasteiger partial charge in [-0.1, -0.05) is 5.21 Å². The van der Waals surface area contributed by atoms with Crippen LogP contribution in [0.4, 0.5) is 14.9 Å². The number of benzene rings is 1. The number of carbonyl (C=O) groups excluding carboxylic acids is 1. The van der Waals surface area contributed by atoms with Crippen molar-refractivity contribution in [2.45, 2.75) is 19.1 Å². The molecule has 2 aliphatic rings. The average Bonchev–Trinajstić information content (AvgIpc) is 3.29. The van der Waals surface area contributed by atoms with E-state index in [-0.39, 0.29) is 18.8 Å². The van der Waals surface area contributed by atoms with E-state index >= 15 is 0 Å². The molecular weight excluding hydrogens is 385 g/mol. The minimum absolute atomic E-state index is 0.180. The highest BCUT2D eigenvalue weighted by Gasteiger charge is 2.33. The number of nitriles is 1. The summed E-state index contributed by atoms with van der Waals surface area (Å²) >= 11 is -0.870. The predicted octanol–water partition coefficient (Wildman–Crippen LogP) is 1.85. The second-order valence-corrected chi connectivity index (χ2v) is 8.13. The molecule has 0 radical (unpaired) electrons. The maximum Gasteiger partial charge on any atom is 0.414 e. The first-order valence-electron chi connectivity index (χ1n) is 8.66. The van der Waals surface area contributed by atoms with Gasteiger partial charge in [-0.15, -0.1) is 5.10 Å². The summed E-state index contributed by atoms with van der Waals surface area (Å²) in [4.78, 5) is 13.6. The van der Waals surface area contributed by atoms with Crippen molar-refractivity contribution in [1.29, 1.82) is 5.26 Å². The van der Waals surface area contributed by atoms with Crippen LogP contribution in [0.3, 0.4) is 0 Å². The number of anilines is 1. The Morgan fingerprint density at radius 3 is 3.00 bits per heavy atom. The fraction of sp³-hybridized carbons (Fsp3) is 0.333. The van der Waals surface area contributed by atoms with Crippen LogP contribution in [0.25, 0.3) is 5.57 Å². The molecule has 0 saturated carbocycles. The van der Waals surface area contributed by atoms with Gasteiger partial charge in [0.2, 0.25) is 0 Å². The zero-order valence-corrected chi connectivity index (χ0v) is 15.6. The van der Waals surface area contributed by atoms with Gasteiger partial charge in [0.15, 0.2) is 5.69 Å². The van der Waals surface area contributed by atoms with E-state index in [0.29, 0.717) is 29.2 Å². The number of ether oxygens (including phenoxy) is 1. The van der Waals surface area contributed by atoms with Crippen molar-refractivity contribution in [3.8, 4) is 6.07 Å². The molecule has 0 N–H and O–H groups in total. The van der Waals surface area contributed by atoms with Crippen LogP contribution >= 0.6 is 0 Å². The average molecular weight is 401 g/mol. The summed E-state index contributed by atoms with van der Waals surface area (Å²) < 4.78 is 32.9. The van der Waals surface area contributed by atoms with E-state index in [4.69, 9.17) is 10.00 Å². The minimum Gasteiger partial charge on any atom is -0.616 e. The third-order valence-corrected chi connectivity index (χ3v) is 5.84. The minimum atomic E-state index is -0.870. The van der Waals surface area contributed by atoms with Crippen molar-refractivity contribution in [3.05, 3.63) is 47.5 Å². The molecule has 0 bridgehead atoms. The van der Waals surface area contributed by atoms with Gasteiger partial charge in [0.25, 0.3) is 0 Å². The van der Waals surface area contributed by atoms with Crippen molar-refractivity contribution in [3.63, 3.8) is 0 Å². The molecule has 10 heteroatoms. The van der Waals surface area contributed by atoms with Gasteiger partial charge in [-0.3, -0.25) is 4.90 Å². The molecule has 1 aromatic carbocycles. The summed E-state index contributed by atoms with van der Waals surface area (Å²) in [5, 5.41) is 16.3. The number of carbonyl (C=O) groups is 1. The van der Waals surface area contributed by atoms with Gasteiger partial charge >= 0.3 is 6.09 Å². The number of aromatic nitrogens is 3. The standard InChI is InChI=1S/C18H16FN5O3S/c19-17-7-14(1-2-16(17)12-3-5-28(26)6-4-12)24-11-15(27-18(24)25)10-23-9-13(8-20)21-22-23/h1-3,7,9,15H,4-6,10-11H2/t15-,28?/m0/s1. The summed E-state index contributed by atoms with van der Waals surface area (Å²) in [7, 11) is 0. The van der Waals surface area contributed by atoms with E-state index in [0.717, 1.165) is 5.57 Å². The molecule has 144 valence electrons. The number of allylic oxidation sites excluding steroid dienone is 1. The van der Waals surface area contributed by atoms with Crippen molar-refractivity contribution in [1.82, 2.24) is 15.0 Å². The molecule has 1 unspecified atom stereocenters. The molecule has 4 rings (SSSR count). The molecule has 1 fully saturated rings. The second-order valence-electron chi connectivity index (χ2n) is 6.51. The molecule has 28 heavy (non-hydrogen) atoms. The Kier molecular flexibility index (Phi) is 5.02. The van der Waals surface area contributed by atoms with E-state index in [1.54, 1.807) is 12.1 Å². The number of halogens is 1. The van der Waals surface area contributed by atoms with Gasteiger partial charge in [0, 0.05) is 12.0 Å². The normalized spacial score (nSPS) is 22.0. The second kappa shape index (κ2) is 7.61. The van der Waals surface area contributed by atoms with Crippen LogP contribution in [0, 0.1) is 17.1 Å². The molecule has 1 amide bonds. The lowest BCUT2D eigenvalue weighted by molar-refractivity contribution is 0.129. The van der Waals surface area contributed by atoms with Gasteiger partial charge in [0.05, 0.1) is 25.0 Å². The lowest BCUT2D eigenvalue weighted by Crippen LogP contribution is -2.26. The Bertz CT molecular complexity index is 986. The zero-order valence-electron chi connectivity index (χ0n) is 14.7. The van der Waals surface area contributed by atoms with Crippen LogP contribution in [0.5, 0.6) is 0 Å². The first-order chi connectivity index (χ1) is 13.5. The van der Waals surface area contributed by atoms with E-state index in [2.05, 4.69) is 10.3 Å². The lowest BCUT2D eigenvalue weighted by atomic mass is 10.0. The Labute approximate surface area is 163 Å². The highest BCUT2D eigenvalue weighted by Crippen LogP contribution is 2.30. The smallest absolute Gasteiger partial charge is 0.414 e. The maximum atomic E-state index is 14.6. The first-order valence-corrected chi connectivity index (χ1v) is 10.1. The van der Waals surface area contributed by atoms with Crippen molar-refractivity contribution < 1.29 is 18.5 Å². The molecule has 3 heterocycles. The SMILES string of the molecule is N#Cc1cn(C[C@H]2CN(c3ccc(C4=CC[S+]([O-])CC4)c(F)c3)C(=O)O2)nn1. The lowest BCUT2D eigenvalue weighted by Gasteiger charge is -2.19. The molecule has 1 aromatic heterocycles. The first kappa shape index (κ1) is 18.5. The third kappa shape index (κ3) is 3.72. The number of nitrogens with zero attached hydrogens (tertiary/aromatic N) is 5. The van der Waals surface area contributed by atoms with Crippen LogP contribution in [-0.2, 0) is 22.5 Å². The number of amides is 1. The summed E-state index contributed by atoms with van der Waals surface area (Å²) in [5.41, 5.74) is 1.89. The van der Waals surface area contributed by atoms with Crippen LogP contribution in [0.1, 0.15) is 17.7 Å². The van der Waals surface area contributed by atoms with Crippen LogP contribution < -0.4 is 4.90 Å². The van der Waals surface area contributed by atoms with Crippen molar-refractivity contribution >= 4 is 28.5 Å². The number of hydrogen-bond acceptors (Lipinski definition) is 6. The topological polar surface area (TPSA) is 107 Å². The van der Waals surface area contributed by atoms with E-state index in [1.807, 2.05) is 12.1 Å². The zero-order chi connectivity index (χ0) is 19.7. The fourth-order valence-electron chi connectivity index (χ4n) is 3.25. The summed E-state index contributed by atoms with van der Waals surface area (Å²) in [6.07, 6.45) is 2.80. The van der Waals surface area contributed by atoms with Crippen LogP contribution in [-0.4, -0.2) is 49.8 Å². The summed E-state index contributed by atoms with van der Waals surface area (Å²) in [6, 6.07) is 6.51.